The largest absolute Gasteiger partial charge is 0.484 e. The van der Waals surface area contributed by atoms with Crippen LogP contribution in [0.2, 0.25) is 0 Å². The van der Waals surface area contributed by atoms with Crippen molar-refractivity contribution < 1.29 is 14.3 Å². The molecule has 31 heavy (non-hydrogen) atoms. The van der Waals surface area contributed by atoms with Crippen molar-refractivity contribution in [3.63, 3.8) is 0 Å². The van der Waals surface area contributed by atoms with Gasteiger partial charge in [-0.3, -0.25) is 9.59 Å². The summed E-state index contributed by atoms with van der Waals surface area (Å²) in [4.78, 5) is 27.4. The standard InChI is InChI=1S/C26H36N2O3/c1-6-7-16-27-26(30)21(5)28(17-23-11-9-8-10-20(23)4)25(29)18-31-24-14-12-22(13-15-24)19(2)3/h8-15,19,21H,6-7,16-18H2,1-5H3,(H,27,30). The lowest BCUT2D eigenvalue weighted by molar-refractivity contribution is -0.142. The maximum atomic E-state index is 13.1. The van der Waals surface area contributed by atoms with Crippen molar-refractivity contribution in [2.75, 3.05) is 13.2 Å². The first-order chi connectivity index (χ1) is 14.8. The summed E-state index contributed by atoms with van der Waals surface area (Å²) in [5.41, 5.74) is 3.33. The zero-order chi connectivity index (χ0) is 22.8. The lowest BCUT2D eigenvalue weighted by Crippen LogP contribution is -2.49. The van der Waals surface area contributed by atoms with Gasteiger partial charge in [0, 0.05) is 13.1 Å². The third-order valence-electron chi connectivity index (χ3n) is 5.51. The van der Waals surface area contributed by atoms with Crippen LogP contribution in [0.4, 0.5) is 0 Å². The Hall–Kier alpha value is -2.82. The molecule has 168 valence electrons. The van der Waals surface area contributed by atoms with Crippen LogP contribution in [0.25, 0.3) is 0 Å². The highest BCUT2D eigenvalue weighted by atomic mass is 16.5. The van der Waals surface area contributed by atoms with E-state index in [-0.39, 0.29) is 18.4 Å². The number of aryl methyl sites for hydroxylation is 1. The molecule has 1 unspecified atom stereocenters. The Morgan fingerprint density at radius 3 is 2.32 bits per heavy atom. The number of ether oxygens (including phenoxy) is 1. The van der Waals surface area contributed by atoms with Gasteiger partial charge in [-0.1, -0.05) is 63.6 Å². The number of nitrogens with one attached hydrogen (secondary N) is 1. The minimum Gasteiger partial charge on any atom is -0.484 e. The fourth-order valence-electron chi connectivity index (χ4n) is 3.27. The topological polar surface area (TPSA) is 58.6 Å². The van der Waals surface area contributed by atoms with Crippen molar-refractivity contribution >= 4 is 11.8 Å². The van der Waals surface area contributed by atoms with Gasteiger partial charge in [-0.05, 0) is 55.0 Å². The molecule has 2 aromatic carbocycles. The second-order valence-corrected chi connectivity index (χ2v) is 8.28. The van der Waals surface area contributed by atoms with E-state index in [1.165, 1.54) is 5.56 Å². The minimum absolute atomic E-state index is 0.112. The molecule has 2 rings (SSSR count). The van der Waals surface area contributed by atoms with E-state index in [0.29, 0.717) is 24.8 Å². The summed E-state index contributed by atoms with van der Waals surface area (Å²) in [5.74, 6) is 0.729. The lowest BCUT2D eigenvalue weighted by atomic mass is 10.0. The van der Waals surface area contributed by atoms with Gasteiger partial charge in [0.05, 0.1) is 0 Å². The molecular formula is C26H36N2O3. The van der Waals surface area contributed by atoms with Crippen molar-refractivity contribution in [2.24, 2.45) is 0 Å². The molecule has 0 aromatic heterocycles. The van der Waals surface area contributed by atoms with Gasteiger partial charge in [-0.15, -0.1) is 0 Å². The maximum absolute atomic E-state index is 13.1. The zero-order valence-corrected chi connectivity index (χ0v) is 19.5. The minimum atomic E-state index is -0.587. The third-order valence-corrected chi connectivity index (χ3v) is 5.51. The first-order valence-electron chi connectivity index (χ1n) is 11.2. The van der Waals surface area contributed by atoms with Gasteiger partial charge in [-0.2, -0.15) is 0 Å². The van der Waals surface area contributed by atoms with Crippen LogP contribution >= 0.6 is 0 Å². The number of hydrogen-bond donors (Lipinski definition) is 1. The predicted molar refractivity (Wildman–Crippen MR) is 125 cm³/mol. The van der Waals surface area contributed by atoms with Crippen LogP contribution in [-0.2, 0) is 16.1 Å². The number of amides is 2. The van der Waals surface area contributed by atoms with E-state index in [1.54, 1.807) is 11.8 Å². The second kappa shape index (κ2) is 12.1. The number of unbranched alkanes of at least 4 members (excludes halogenated alkanes) is 1. The molecular weight excluding hydrogens is 388 g/mol. The second-order valence-electron chi connectivity index (χ2n) is 8.28. The Bertz CT molecular complexity index is 846. The summed E-state index contributed by atoms with van der Waals surface area (Å²) in [6.07, 6.45) is 1.92. The summed E-state index contributed by atoms with van der Waals surface area (Å²) in [6, 6.07) is 15.1. The first kappa shape index (κ1) is 24.4. The average molecular weight is 425 g/mol. The van der Waals surface area contributed by atoms with Crippen LogP contribution in [0.3, 0.4) is 0 Å². The molecule has 0 aliphatic heterocycles. The van der Waals surface area contributed by atoms with Crippen LogP contribution in [0.5, 0.6) is 5.75 Å². The molecule has 0 saturated carbocycles. The molecule has 0 spiro atoms. The Labute approximate surface area is 186 Å². The van der Waals surface area contributed by atoms with E-state index in [2.05, 4.69) is 26.1 Å². The highest BCUT2D eigenvalue weighted by Gasteiger charge is 2.26. The average Bonchev–Trinajstić information content (AvgIpc) is 2.76. The van der Waals surface area contributed by atoms with Gasteiger partial charge >= 0.3 is 0 Å². The molecule has 0 radical (unpaired) electrons. The number of benzene rings is 2. The van der Waals surface area contributed by atoms with Crippen molar-refractivity contribution in [1.82, 2.24) is 10.2 Å². The predicted octanol–water partition coefficient (Wildman–Crippen LogP) is 4.83. The van der Waals surface area contributed by atoms with Crippen LogP contribution in [0.1, 0.15) is 63.1 Å². The fourth-order valence-corrected chi connectivity index (χ4v) is 3.27. The molecule has 2 aromatic rings. The van der Waals surface area contributed by atoms with Gasteiger partial charge in [0.2, 0.25) is 5.91 Å². The molecule has 0 fully saturated rings. The van der Waals surface area contributed by atoms with Gasteiger partial charge in [-0.25, -0.2) is 0 Å². The zero-order valence-electron chi connectivity index (χ0n) is 19.5. The fraction of sp³-hybridized carbons (Fsp3) is 0.462. The van der Waals surface area contributed by atoms with Crippen LogP contribution in [0.15, 0.2) is 48.5 Å². The van der Waals surface area contributed by atoms with E-state index in [1.807, 2.05) is 55.5 Å². The lowest BCUT2D eigenvalue weighted by Gasteiger charge is -2.29. The van der Waals surface area contributed by atoms with Gasteiger partial charge in [0.1, 0.15) is 11.8 Å². The maximum Gasteiger partial charge on any atom is 0.261 e. The Kier molecular flexibility index (Phi) is 9.57. The van der Waals surface area contributed by atoms with Gasteiger partial charge in [0.25, 0.3) is 5.91 Å². The molecule has 1 atom stereocenters. The van der Waals surface area contributed by atoms with Gasteiger partial charge in [0.15, 0.2) is 6.61 Å². The van der Waals surface area contributed by atoms with E-state index < -0.39 is 6.04 Å². The van der Waals surface area contributed by atoms with Crippen molar-refractivity contribution in [3.8, 4) is 5.75 Å². The van der Waals surface area contributed by atoms with Crippen molar-refractivity contribution in [1.29, 1.82) is 0 Å². The van der Waals surface area contributed by atoms with E-state index >= 15 is 0 Å². The van der Waals surface area contributed by atoms with Crippen molar-refractivity contribution in [3.05, 3.63) is 65.2 Å². The summed E-state index contributed by atoms with van der Waals surface area (Å²) in [7, 11) is 0. The molecule has 5 nitrogen and oxygen atoms in total. The number of nitrogens with zero attached hydrogens (tertiary/aromatic N) is 1. The molecule has 0 heterocycles. The summed E-state index contributed by atoms with van der Waals surface area (Å²) in [6.45, 7) is 11.0. The SMILES string of the molecule is CCCCNC(=O)C(C)N(Cc1ccccc1C)C(=O)COc1ccc(C(C)C)cc1. The smallest absolute Gasteiger partial charge is 0.261 e. The van der Waals surface area contributed by atoms with Crippen LogP contribution in [0, 0.1) is 6.92 Å². The van der Waals surface area contributed by atoms with Gasteiger partial charge < -0.3 is 15.0 Å². The normalized spacial score (nSPS) is 11.8. The number of rotatable bonds is 11. The molecule has 0 aliphatic rings. The third kappa shape index (κ3) is 7.42. The van der Waals surface area contributed by atoms with E-state index in [9.17, 15) is 9.59 Å². The molecule has 2 amide bonds. The molecule has 0 saturated heterocycles. The monoisotopic (exact) mass is 424 g/mol. The first-order valence-corrected chi connectivity index (χ1v) is 11.2. The summed E-state index contributed by atoms with van der Waals surface area (Å²) in [5, 5.41) is 2.94. The summed E-state index contributed by atoms with van der Waals surface area (Å²) >= 11 is 0. The molecule has 0 aliphatic carbocycles. The highest BCUT2D eigenvalue weighted by Crippen LogP contribution is 2.19. The Morgan fingerprint density at radius 1 is 1.03 bits per heavy atom. The van der Waals surface area contributed by atoms with Crippen LogP contribution in [-0.4, -0.2) is 35.9 Å². The molecule has 1 N–H and O–H groups in total. The highest BCUT2D eigenvalue weighted by molar-refractivity contribution is 5.88. The van der Waals surface area contributed by atoms with E-state index in [4.69, 9.17) is 4.74 Å². The summed E-state index contributed by atoms with van der Waals surface area (Å²) < 4.78 is 5.76. The van der Waals surface area contributed by atoms with E-state index in [0.717, 1.165) is 24.0 Å². The molecule has 5 heteroatoms. The Balaban J connectivity index is 2.11. The van der Waals surface area contributed by atoms with Crippen LogP contribution < -0.4 is 10.1 Å². The Morgan fingerprint density at radius 2 is 1.71 bits per heavy atom. The number of carbonyl (C=O) groups is 2. The molecule has 0 bridgehead atoms. The number of hydrogen-bond acceptors (Lipinski definition) is 3. The quantitative estimate of drug-likeness (QED) is 0.526. The number of carbonyl (C=O) groups excluding carboxylic acids is 2. The van der Waals surface area contributed by atoms with Crippen molar-refractivity contribution in [2.45, 2.75) is 66.0 Å².